The van der Waals surface area contributed by atoms with Crippen LogP contribution in [0.25, 0.3) is 0 Å². The van der Waals surface area contributed by atoms with Crippen LogP contribution in [0.4, 0.5) is 11.5 Å². The third-order valence-electron chi connectivity index (χ3n) is 5.42. The Hall–Kier alpha value is -3.13. The number of morpholine rings is 1. The highest BCUT2D eigenvalue weighted by Crippen LogP contribution is 2.25. The zero-order valence-corrected chi connectivity index (χ0v) is 19.8. The standard InChI is InChI=1S/C25H35N5O3/c1-4-20(3)27-24(31)9-6-12-33-25-17-22(30-10-13-32-14-11-30)16-23(28-25)29-26-18-21-8-5-7-19(2)15-21/h5,7-8,15-18,20H,4,6,9-14H2,1-3H3,(H,27,31)(H,28,29)/b26-18+. The molecule has 0 bridgehead atoms. The minimum Gasteiger partial charge on any atom is -0.478 e. The van der Waals surface area contributed by atoms with Gasteiger partial charge in [0.25, 0.3) is 0 Å². The molecule has 1 aliphatic heterocycles. The van der Waals surface area contributed by atoms with Crippen LogP contribution in [-0.4, -0.2) is 56.1 Å². The second-order valence-electron chi connectivity index (χ2n) is 8.26. The Morgan fingerprint density at radius 3 is 2.88 bits per heavy atom. The van der Waals surface area contributed by atoms with Crippen molar-refractivity contribution in [2.75, 3.05) is 43.2 Å². The molecule has 1 saturated heterocycles. The van der Waals surface area contributed by atoms with Gasteiger partial charge >= 0.3 is 0 Å². The quantitative estimate of drug-likeness (QED) is 0.306. The highest BCUT2D eigenvalue weighted by Gasteiger charge is 2.14. The smallest absolute Gasteiger partial charge is 0.220 e. The highest BCUT2D eigenvalue weighted by atomic mass is 16.5. The third kappa shape index (κ3) is 8.38. The fraction of sp³-hybridized carbons (Fsp3) is 0.480. The lowest BCUT2D eigenvalue weighted by molar-refractivity contribution is -0.121. The minimum atomic E-state index is 0.0517. The first-order valence-corrected chi connectivity index (χ1v) is 11.7. The van der Waals surface area contributed by atoms with Gasteiger partial charge in [-0.2, -0.15) is 10.1 Å². The first-order valence-electron chi connectivity index (χ1n) is 11.7. The first kappa shape index (κ1) is 24.5. The van der Waals surface area contributed by atoms with Crippen molar-refractivity contribution >= 4 is 23.6 Å². The van der Waals surface area contributed by atoms with Crippen molar-refractivity contribution in [1.29, 1.82) is 0 Å². The van der Waals surface area contributed by atoms with Crippen LogP contribution in [0.1, 0.15) is 44.2 Å². The van der Waals surface area contributed by atoms with Crippen molar-refractivity contribution in [3.8, 4) is 5.88 Å². The number of ether oxygens (including phenoxy) is 2. The summed E-state index contributed by atoms with van der Waals surface area (Å²) in [7, 11) is 0. The van der Waals surface area contributed by atoms with Gasteiger partial charge in [0.05, 0.1) is 26.0 Å². The van der Waals surface area contributed by atoms with Crippen LogP contribution in [0, 0.1) is 6.92 Å². The molecule has 1 aromatic heterocycles. The summed E-state index contributed by atoms with van der Waals surface area (Å²) >= 11 is 0. The maximum absolute atomic E-state index is 12.0. The molecule has 1 aliphatic rings. The van der Waals surface area contributed by atoms with Gasteiger partial charge in [0.2, 0.25) is 11.8 Å². The third-order valence-corrected chi connectivity index (χ3v) is 5.42. The van der Waals surface area contributed by atoms with Crippen LogP contribution in [0.2, 0.25) is 0 Å². The number of nitrogens with zero attached hydrogens (tertiary/aromatic N) is 3. The lowest BCUT2D eigenvalue weighted by atomic mass is 10.2. The molecule has 0 aliphatic carbocycles. The fourth-order valence-corrected chi connectivity index (χ4v) is 3.41. The number of pyridine rings is 1. The number of hydrazone groups is 1. The minimum absolute atomic E-state index is 0.0517. The monoisotopic (exact) mass is 453 g/mol. The van der Waals surface area contributed by atoms with Crippen LogP contribution in [-0.2, 0) is 9.53 Å². The van der Waals surface area contributed by atoms with Crippen LogP contribution in [0.3, 0.4) is 0 Å². The molecule has 1 atom stereocenters. The van der Waals surface area contributed by atoms with E-state index < -0.39 is 0 Å². The van der Waals surface area contributed by atoms with Crippen LogP contribution < -0.4 is 20.4 Å². The summed E-state index contributed by atoms with van der Waals surface area (Å²) in [5, 5.41) is 7.32. The average Bonchev–Trinajstić information content (AvgIpc) is 2.82. The van der Waals surface area contributed by atoms with Crippen LogP contribution in [0.15, 0.2) is 41.5 Å². The van der Waals surface area contributed by atoms with E-state index >= 15 is 0 Å². The Kier molecular flexibility index (Phi) is 9.50. The van der Waals surface area contributed by atoms with E-state index in [2.05, 4.69) is 51.7 Å². The number of aryl methyl sites for hydroxylation is 1. The summed E-state index contributed by atoms with van der Waals surface area (Å²) in [5.41, 5.74) is 6.22. The molecule has 0 saturated carbocycles. The van der Waals surface area contributed by atoms with Gasteiger partial charge in [-0.25, -0.2) is 0 Å². The zero-order valence-electron chi connectivity index (χ0n) is 19.8. The summed E-state index contributed by atoms with van der Waals surface area (Å²) in [6.45, 7) is 9.53. The molecule has 8 nitrogen and oxygen atoms in total. The maximum atomic E-state index is 12.0. The topological polar surface area (TPSA) is 88.1 Å². The molecule has 2 heterocycles. The van der Waals surface area contributed by atoms with Gasteiger partial charge in [0.1, 0.15) is 0 Å². The van der Waals surface area contributed by atoms with E-state index in [1.165, 1.54) is 5.56 Å². The van der Waals surface area contributed by atoms with Gasteiger partial charge in [-0.15, -0.1) is 0 Å². The summed E-state index contributed by atoms with van der Waals surface area (Å²) in [4.78, 5) is 18.8. The molecule has 178 valence electrons. The molecule has 8 heteroatoms. The molecular weight excluding hydrogens is 418 g/mol. The molecule has 1 unspecified atom stereocenters. The molecule has 1 aromatic carbocycles. The lowest BCUT2D eigenvalue weighted by Gasteiger charge is -2.29. The summed E-state index contributed by atoms with van der Waals surface area (Å²) in [5.74, 6) is 1.16. The number of anilines is 2. The van der Waals surface area contributed by atoms with E-state index in [-0.39, 0.29) is 11.9 Å². The van der Waals surface area contributed by atoms with Crippen LogP contribution >= 0.6 is 0 Å². The second kappa shape index (κ2) is 12.8. The number of hydrogen-bond donors (Lipinski definition) is 2. The Morgan fingerprint density at radius 1 is 1.30 bits per heavy atom. The maximum Gasteiger partial charge on any atom is 0.220 e. The number of nitrogens with one attached hydrogen (secondary N) is 2. The Balaban J connectivity index is 1.62. The number of carbonyl (C=O) groups is 1. The number of amides is 1. The number of benzene rings is 1. The van der Waals surface area contributed by atoms with Gasteiger partial charge in [-0.1, -0.05) is 36.8 Å². The molecule has 0 radical (unpaired) electrons. The van der Waals surface area contributed by atoms with Gasteiger partial charge in [0.15, 0.2) is 5.82 Å². The Bertz CT molecular complexity index is 928. The predicted molar refractivity (Wildman–Crippen MR) is 132 cm³/mol. The number of hydrogen-bond acceptors (Lipinski definition) is 7. The molecule has 1 fully saturated rings. The van der Waals surface area contributed by atoms with Crippen molar-refractivity contribution in [3.63, 3.8) is 0 Å². The first-order chi connectivity index (χ1) is 16.0. The second-order valence-corrected chi connectivity index (χ2v) is 8.26. The van der Waals surface area contributed by atoms with E-state index in [4.69, 9.17) is 9.47 Å². The van der Waals surface area contributed by atoms with Crippen molar-refractivity contribution in [3.05, 3.63) is 47.5 Å². The van der Waals surface area contributed by atoms with Crippen molar-refractivity contribution < 1.29 is 14.3 Å². The SMILES string of the molecule is CCC(C)NC(=O)CCCOc1cc(N2CCOCC2)cc(N/N=C/c2cccc(C)c2)n1. The largest absolute Gasteiger partial charge is 0.478 e. The van der Waals surface area contributed by atoms with Crippen molar-refractivity contribution in [1.82, 2.24) is 10.3 Å². The van der Waals surface area contributed by atoms with Gasteiger partial charge in [-0.3, -0.25) is 10.2 Å². The van der Waals surface area contributed by atoms with E-state index in [0.29, 0.717) is 44.4 Å². The van der Waals surface area contributed by atoms with Gasteiger partial charge < -0.3 is 19.7 Å². The highest BCUT2D eigenvalue weighted by molar-refractivity contribution is 5.80. The summed E-state index contributed by atoms with van der Waals surface area (Å²) in [6, 6.07) is 12.2. The van der Waals surface area contributed by atoms with E-state index in [1.807, 2.05) is 31.2 Å². The molecule has 0 spiro atoms. The normalized spacial score (nSPS) is 14.8. The molecule has 1 amide bonds. The van der Waals surface area contributed by atoms with E-state index in [9.17, 15) is 4.79 Å². The van der Waals surface area contributed by atoms with Crippen molar-refractivity contribution in [2.24, 2.45) is 5.10 Å². The molecule has 2 N–H and O–H groups in total. The summed E-state index contributed by atoms with van der Waals surface area (Å²) in [6.07, 6.45) is 3.74. The zero-order chi connectivity index (χ0) is 23.5. The van der Waals surface area contributed by atoms with E-state index in [1.54, 1.807) is 6.21 Å². The molecule has 33 heavy (non-hydrogen) atoms. The molecule has 3 rings (SSSR count). The average molecular weight is 454 g/mol. The number of rotatable bonds is 11. The Labute approximate surface area is 196 Å². The van der Waals surface area contributed by atoms with E-state index in [0.717, 1.165) is 30.8 Å². The lowest BCUT2D eigenvalue weighted by Crippen LogP contribution is -2.36. The van der Waals surface area contributed by atoms with Gasteiger partial charge in [0, 0.05) is 43.4 Å². The molecular formula is C25H35N5O3. The molecule has 2 aromatic rings. The number of aromatic nitrogens is 1. The van der Waals surface area contributed by atoms with Crippen molar-refractivity contribution in [2.45, 2.75) is 46.1 Å². The van der Waals surface area contributed by atoms with Gasteiger partial charge in [-0.05, 0) is 32.3 Å². The predicted octanol–water partition coefficient (Wildman–Crippen LogP) is 3.75. The van der Waals surface area contributed by atoms with Crippen LogP contribution in [0.5, 0.6) is 5.88 Å². The summed E-state index contributed by atoms with van der Waals surface area (Å²) < 4.78 is 11.4. The number of carbonyl (C=O) groups excluding carboxylic acids is 1. The fourth-order valence-electron chi connectivity index (χ4n) is 3.41. The Morgan fingerprint density at radius 2 is 2.12 bits per heavy atom.